The van der Waals surface area contributed by atoms with E-state index in [1.807, 2.05) is 0 Å². The number of benzene rings is 5. The molecule has 0 amide bonds. The molecular formula is C41H48Si2. The van der Waals surface area contributed by atoms with Crippen molar-refractivity contribution in [2.45, 2.75) is 99.1 Å². The van der Waals surface area contributed by atoms with Gasteiger partial charge in [0.05, 0.1) is 0 Å². The minimum atomic E-state index is -1.67. The molecule has 220 valence electrons. The summed E-state index contributed by atoms with van der Waals surface area (Å²) in [4.78, 5) is 0. The number of aryl methyl sites for hydroxylation is 4. The maximum absolute atomic E-state index is 3.98. The van der Waals surface area contributed by atoms with Gasteiger partial charge in [-0.2, -0.15) is 0 Å². The number of rotatable bonds is 5. The summed E-state index contributed by atoms with van der Waals surface area (Å²) in [5, 5.41) is 10.3. The van der Waals surface area contributed by atoms with E-state index in [1.165, 1.54) is 107 Å². The molecule has 0 fully saturated rings. The monoisotopic (exact) mass is 596 g/mol. The Morgan fingerprint density at radius 1 is 0.442 bits per heavy atom. The molecule has 0 nitrogen and oxygen atoms in total. The van der Waals surface area contributed by atoms with Gasteiger partial charge in [0, 0.05) is 11.1 Å². The predicted molar refractivity (Wildman–Crippen MR) is 199 cm³/mol. The van der Waals surface area contributed by atoms with Crippen LogP contribution in [0.2, 0.25) is 36.8 Å². The zero-order chi connectivity index (χ0) is 31.1. The largest absolute Gasteiger partial charge is 0.138 e. The molecule has 2 heteroatoms. The molecule has 0 unspecified atom stereocenters. The van der Waals surface area contributed by atoms with Crippen LogP contribution in [0.5, 0.6) is 0 Å². The second kappa shape index (κ2) is 12.0. The van der Waals surface area contributed by atoms with Crippen LogP contribution >= 0.6 is 0 Å². The van der Waals surface area contributed by atoms with Crippen LogP contribution in [0, 0.1) is 50.6 Å². The second-order valence-electron chi connectivity index (χ2n) is 13.1. The topological polar surface area (TPSA) is 0 Å². The first-order chi connectivity index (χ1) is 20.5. The lowest BCUT2D eigenvalue weighted by molar-refractivity contribution is 1.20. The third-order valence-corrected chi connectivity index (χ3v) is 19.4. The molecule has 0 bridgehead atoms. The average molecular weight is 597 g/mol. The summed E-state index contributed by atoms with van der Waals surface area (Å²) in [5.41, 5.74) is 15.5. The van der Waals surface area contributed by atoms with E-state index in [4.69, 9.17) is 0 Å². The molecule has 0 aliphatic heterocycles. The minimum Gasteiger partial charge on any atom is -0.126 e. The molecule has 0 aromatic heterocycles. The Bertz CT molecular complexity index is 1900. The SMILES string of the molecule is CC[Si](C)(C#Cc1c2cc3c(C)ccc(C)c3cc2c(C#C[Si](CC)(CC)CC)c2cc3c(C)ccc(C)c3cc12)CC. The molecule has 5 aromatic rings. The van der Waals surface area contributed by atoms with Gasteiger partial charge in [0.1, 0.15) is 16.1 Å². The van der Waals surface area contributed by atoms with E-state index in [-0.39, 0.29) is 0 Å². The highest BCUT2D eigenvalue weighted by molar-refractivity contribution is 6.87. The molecular weight excluding hydrogens is 549 g/mol. The van der Waals surface area contributed by atoms with E-state index in [9.17, 15) is 0 Å². The van der Waals surface area contributed by atoms with Gasteiger partial charge in [-0.3, -0.25) is 0 Å². The van der Waals surface area contributed by atoms with Crippen molar-refractivity contribution in [1.82, 2.24) is 0 Å². The number of fused-ring (bicyclic) bond motifs is 4. The predicted octanol–water partition coefficient (Wildman–Crippen LogP) is 11.9. The number of hydrogen-bond acceptors (Lipinski definition) is 0. The Kier molecular flexibility index (Phi) is 8.69. The Labute approximate surface area is 262 Å². The summed E-state index contributed by atoms with van der Waals surface area (Å²) in [6.45, 7) is 23.1. The zero-order valence-electron chi connectivity index (χ0n) is 28.2. The fraction of sp³-hybridized carbons (Fsp3) is 0.366. The maximum Gasteiger partial charge on any atom is 0.138 e. The highest BCUT2D eigenvalue weighted by Crippen LogP contribution is 2.39. The van der Waals surface area contributed by atoms with Crippen LogP contribution in [0.15, 0.2) is 48.5 Å². The smallest absolute Gasteiger partial charge is 0.126 e. The lowest BCUT2D eigenvalue weighted by atomic mass is 9.86. The Morgan fingerprint density at radius 3 is 1.02 bits per heavy atom. The van der Waals surface area contributed by atoms with E-state index in [1.54, 1.807) is 0 Å². The van der Waals surface area contributed by atoms with Gasteiger partial charge in [-0.25, -0.2) is 0 Å². The van der Waals surface area contributed by atoms with Crippen molar-refractivity contribution in [1.29, 1.82) is 0 Å². The molecule has 0 aliphatic rings. The molecule has 5 rings (SSSR count). The second-order valence-corrected chi connectivity index (χ2v) is 22.9. The Hall–Kier alpha value is -3.31. The maximum atomic E-state index is 3.98. The Balaban J connectivity index is 2.09. The summed E-state index contributed by atoms with van der Waals surface area (Å²) < 4.78 is 0. The quantitative estimate of drug-likeness (QED) is 0.108. The van der Waals surface area contributed by atoms with Gasteiger partial charge in [-0.1, -0.05) is 77.3 Å². The normalized spacial score (nSPS) is 12.0. The van der Waals surface area contributed by atoms with Gasteiger partial charge >= 0.3 is 0 Å². The van der Waals surface area contributed by atoms with Crippen molar-refractivity contribution in [3.05, 3.63) is 81.9 Å². The first-order valence-electron chi connectivity index (χ1n) is 16.4. The fourth-order valence-electron chi connectivity index (χ4n) is 6.60. The summed E-state index contributed by atoms with van der Waals surface area (Å²) >= 11 is 0. The van der Waals surface area contributed by atoms with Gasteiger partial charge in [-0.15, -0.1) is 11.1 Å². The van der Waals surface area contributed by atoms with Crippen molar-refractivity contribution in [2.24, 2.45) is 0 Å². The van der Waals surface area contributed by atoms with E-state index in [2.05, 4.69) is 140 Å². The van der Waals surface area contributed by atoms with Crippen LogP contribution in [-0.4, -0.2) is 16.1 Å². The van der Waals surface area contributed by atoms with E-state index < -0.39 is 16.1 Å². The molecule has 0 saturated heterocycles. The van der Waals surface area contributed by atoms with Crippen molar-refractivity contribution < 1.29 is 0 Å². The van der Waals surface area contributed by atoms with Gasteiger partial charge in [0.25, 0.3) is 0 Å². The lowest BCUT2D eigenvalue weighted by Gasteiger charge is -2.21. The van der Waals surface area contributed by atoms with Gasteiger partial charge < -0.3 is 0 Å². The summed E-state index contributed by atoms with van der Waals surface area (Å²) in [7, 11) is -3.32. The third kappa shape index (κ3) is 5.46. The van der Waals surface area contributed by atoms with E-state index >= 15 is 0 Å². The zero-order valence-corrected chi connectivity index (χ0v) is 30.2. The molecule has 0 saturated carbocycles. The third-order valence-electron chi connectivity index (χ3n) is 10.8. The standard InChI is InChI=1S/C41H48Si2/c1-11-42(10,12-2)22-20-32-38-24-34-28(6)16-18-30(8)36(34)26-40(38)33(21-23-43(13-3,14-4)15-5)41-27-37-31(9)19-17-29(7)35(37)25-39(32)41/h16-19,24-27H,11-15H2,1-10H3. The first-order valence-corrected chi connectivity index (χ1v) is 22.0. The summed E-state index contributed by atoms with van der Waals surface area (Å²) in [6.07, 6.45) is 0. The average Bonchev–Trinajstić information content (AvgIpc) is 3.03. The first kappa shape index (κ1) is 31.1. The fourth-order valence-corrected chi connectivity index (χ4v) is 10.3. The van der Waals surface area contributed by atoms with Crippen LogP contribution in [0.4, 0.5) is 0 Å². The van der Waals surface area contributed by atoms with Gasteiger partial charge in [0.2, 0.25) is 0 Å². The van der Waals surface area contributed by atoms with Crippen LogP contribution in [0.1, 0.15) is 68.0 Å². The molecule has 0 atom stereocenters. The van der Waals surface area contributed by atoms with Crippen molar-refractivity contribution in [2.75, 3.05) is 0 Å². The molecule has 5 aromatic carbocycles. The van der Waals surface area contributed by atoms with Crippen LogP contribution in [0.3, 0.4) is 0 Å². The van der Waals surface area contributed by atoms with E-state index in [0.717, 1.165) is 0 Å². The van der Waals surface area contributed by atoms with Crippen molar-refractivity contribution >= 4 is 59.2 Å². The molecule has 0 spiro atoms. The van der Waals surface area contributed by atoms with E-state index in [0.29, 0.717) is 0 Å². The Morgan fingerprint density at radius 2 is 0.744 bits per heavy atom. The molecule has 0 radical (unpaired) electrons. The highest BCUT2D eigenvalue weighted by Gasteiger charge is 2.25. The van der Waals surface area contributed by atoms with Crippen molar-refractivity contribution in [3.8, 4) is 22.9 Å². The lowest BCUT2D eigenvalue weighted by Crippen LogP contribution is -2.29. The number of hydrogen-bond donors (Lipinski definition) is 0. The summed E-state index contributed by atoms with van der Waals surface area (Å²) in [6, 6.07) is 24.8. The minimum absolute atomic E-state index is 1.18. The summed E-state index contributed by atoms with van der Waals surface area (Å²) in [5.74, 6) is 7.79. The molecule has 0 heterocycles. The van der Waals surface area contributed by atoms with Gasteiger partial charge in [-0.05, 0) is 148 Å². The van der Waals surface area contributed by atoms with Crippen LogP contribution < -0.4 is 0 Å². The molecule has 0 N–H and O–H groups in total. The molecule has 43 heavy (non-hydrogen) atoms. The molecule has 0 aliphatic carbocycles. The van der Waals surface area contributed by atoms with Crippen LogP contribution in [0.25, 0.3) is 43.1 Å². The van der Waals surface area contributed by atoms with Crippen molar-refractivity contribution in [3.63, 3.8) is 0 Å². The van der Waals surface area contributed by atoms with Gasteiger partial charge in [0.15, 0.2) is 0 Å². The van der Waals surface area contributed by atoms with Crippen LogP contribution in [-0.2, 0) is 0 Å². The highest BCUT2D eigenvalue weighted by atomic mass is 28.3.